The third kappa shape index (κ3) is 6.02. The molecule has 1 N–H and O–H groups in total. The van der Waals surface area contributed by atoms with Gasteiger partial charge in [0, 0.05) is 24.7 Å². The Bertz CT molecular complexity index is 653. The maximum absolute atomic E-state index is 12.2. The van der Waals surface area contributed by atoms with Gasteiger partial charge in [-0.1, -0.05) is 57.9 Å². The largest absolute Gasteiger partial charge is 0.454 e. The fraction of sp³-hybridized carbons (Fsp3) is 0.609. The quantitative estimate of drug-likeness (QED) is 0.524. The monoisotopic (exact) mass is 371 g/mol. The topological polar surface area (TPSA) is 47.6 Å². The van der Waals surface area contributed by atoms with Gasteiger partial charge in [-0.25, -0.2) is 0 Å². The van der Waals surface area contributed by atoms with E-state index in [0.717, 1.165) is 35.7 Å². The number of hydrogen-bond acceptors (Lipinski definition) is 4. The Morgan fingerprint density at radius 1 is 0.963 bits per heavy atom. The van der Waals surface area contributed by atoms with Crippen LogP contribution < -0.4 is 14.8 Å². The molecule has 1 unspecified atom stereocenters. The molecule has 27 heavy (non-hydrogen) atoms. The molecular weight excluding hydrogens is 338 g/mol. The third-order valence-electron chi connectivity index (χ3n) is 5.50. The number of benzene rings is 1. The molecule has 1 heterocycles. The maximum atomic E-state index is 12.2. The van der Waals surface area contributed by atoms with Crippen molar-refractivity contribution in [3.05, 3.63) is 35.5 Å². The van der Waals surface area contributed by atoms with Gasteiger partial charge in [0.25, 0.3) is 0 Å². The number of fused-ring (bicyclic) bond motifs is 1. The molecule has 148 valence electrons. The standard InChI is InChI=1S/C23H33NO3/c1-2-3-4-5-6-7-8-9-12-24-20-13-19(14-21(25)16-20)18-10-11-22-23(15-18)27-17-26-22/h10-11,15-16,19,24H,2-9,12-14,17H2,1H3. The van der Waals surface area contributed by atoms with Gasteiger partial charge in [-0.05, 0) is 36.5 Å². The Balaban J connectivity index is 1.39. The van der Waals surface area contributed by atoms with E-state index in [2.05, 4.69) is 18.3 Å². The SMILES string of the molecule is CCCCCCCCCCNC1=CC(=O)CC(c2ccc3c(c2)OCO3)C1. The summed E-state index contributed by atoms with van der Waals surface area (Å²) in [7, 11) is 0. The molecule has 0 fully saturated rings. The number of ether oxygens (including phenoxy) is 2. The van der Waals surface area contributed by atoms with Gasteiger partial charge in [-0.2, -0.15) is 0 Å². The summed E-state index contributed by atoms with van der Waals surface area (Å²) in [6, 6.07) is 6.04. The lowest BCUT2D eigenvalue weighted by atomic mass is 9.85. The zero-order valence-electron chi connectivity index (χ0n) is 16.6. The Morgan fingerprint density at radius 3 is 2.52 bits per heavy atom. The summed E-state index contributed by atoms with van der Waals surface area (Å²) in [6.07, 6.45) is 13.8. The number of ketones is 1. The first-order valence-corrected chi connectivity index (χ1v) is 10.6. The molecule has 4 nitrogen and oxygen atoms in total. The van der Waals surface area contributed by atoms with Gasteiger partial charge in [0.05, 0.1) is 0 Å². The fourth-order valence-corrected chi connectivity index (χ4v) is 3.93. The average molecular weight is 372 g/mol. The Morgan fingerprint density at radius 2 is 1.70 bits per heavy atom. The van der Waals surface area contributed by atoms with E-state index < -0.39 is 0 Å². The Kier molecular flexibility index (Phi) is 7.61. The lowest BCUT2D eigenvalue weighted by Crippen LogP contribution is -2.23. The lowest BCUT2D eigenvalue weighted by molar-refractivity contribution is -0.115. The maximum Gasteiger partial charge on any atom is 0.231 e. The zero-order chi connectivity index (χ0) is 18.9. The van der Waals surface area contributed by atoms with Gasteiger partial charge in [0.2, 0.25) is 6.79 Å². The van der Waals surface area contributed by atoms with Crippen LogP contribution in [-0.2, 0) is 4.79 Å². The average Bonchev–Trinajstić information content (AvgIpc) is 3.14. The predicted octanol–water partition coefficient (Wildman–Crippen LogP) is 5.48. The predicted molar refractivity (Wildman–Crippen MR) is 108 cm³/mol. The van der Waals surface area contributed by atoms with Crippen molar-refractivity contribution in [2.75, 3.05) is 13.3 Å². The fourth-order valence-electron chi connectivity index (χ4n) is 3.93. The first-order chi connectivity index (χ1) is 13.3. The number of allylic oxidation sites excluding steroid dienone is 2. The number of nitrogens with one attached hydrogen (secondary N) is 1. The van der Waals surface area contributed by atoms with Crippen molar-refractivity contribution in [1.82, 2.24) is 5.32 Å². The minimum Gasteiger partial charge on any atom is -0.454 e. The molecule has 1 aromatic rings. The van der Waals surface area contributed by atoms with Crippen molar-refractivity contribution in [3.8, 4) is 11.5 Å². The molecular formula is C23H33NO3. The Labute approximate surface area is 163 Å². The number of carbonyl (C=O) groups excluding carboxylic acids is 1. The summed E-state index contributed by atoms with van der Waals surface area (Å²) >= 11 is 0. The van der Waals surface area contributed by atoms with E-state index in [4.69, 9.17) is 9.47 Å². The summed E-state index contributed by atoms with van der Waals surface area (Å²) < 4.78 is 10.9. The summed E-state index contributed by atoms with van der Waals surface area (Å²) in [5, 5.41) is 3.50. The summed E-state index contributed by atoms with van der Waals surface area (Å²) in [6.45, 7) is 3.50. The van der Waals surface area contributed by atoms with E-state index in [0.29, 0.717) is 6.42 Å². The van der Waals surface area contributed by atoms with Crippen LogP contribution in [0.3, 0.4) is 0 Å². The van der Waals surface area contributed by atoms with Crippen molar-refractivity contribution in [2.45, 2.75) is 77.0 Å². The highest BCUT2D eigenvalue weighted by atomic mass is 16.7. The normalized spacial score (nSPS) is 18.5. The van der Waals surface area contributed by atoms with Gasteiger partial charge in [-0.15, -0.1) is 0 Å². The van der Waals surface area contributed by atoms with Crippen molar-refractivity contribution >= 4 is 5.78 Å². The van der Waals surface area contributed by atoms with Crippen LogP contribution in [-0.4, -0.2) is 19.1 Å². The van der Waals surface area contributed by atoms with Crippen LogP contribution in [0, 0.1) is 0 Å². The molecule has 3 rings (SSSR count). The van der Waals surface area contributed by atoms with Crippen LogP contribution in [0.2, 0.25) is 0 Å². The van der Waals surface area contributed by atoms with Crippen LogP contribution in [0.25, 0.3) is 0 Å². The second-order valence-electron chi connectivity index (χ2n) is 7.76. The van der Waals surface area contributed by atoms with Gasteiger partial charge in [0.1, 0.15) is 0 Å². The van der Waals surface area contributed by atoms with Crippen LogP contribution in [0.15, 0.2) is 30.0 Å². The van der Waals surface area contributed by atoms with Crippen molar-refractivity contribution in [1.29, 1.82) is 0 Å². The van der Waals surface area contributed by atoms with Crippen LogP contribution in [0.4, 0.5) is 0 Å². The molecule has 1 atom stereocenters. The molecule has 1 aliphatic carbocycles. The number of hydrogen-bond donors (Lipinski definition) is 1. The van der Waals surface area contributed by atoms with Crippen molar-refractivity contribution < 1.29 is 14.3 Å². The van der Waals surface area contributed by atoms with Crippen LogP contribution in [0.5, 0.6) is 11.5 Å². The summed E-state index contributed by atoms with van der Waals surface area (Å²) in [5.74, 6) is 2.02. The van der Waals surface area contributed by atoms with Gasteiger partial charge in [-0.3, -0.25) is 4.79 Å². The number of carbonyl (C=O) groups is 1. The molecule has 1 aromatic carbocycles. The minimum absolute atomic E-state index is 0.211. The molecule has 2 aliphatic rings. The first-order valence-electron chi connectivity index (χ1n) is 10.6. The zero-order valence-corrected chi connectivity index (χ0v) is 16.6. The summed E-state index contributed by atoms with van der Waals surface area (Å²) in [5.41, 5.74) is 2.24. The smallest absolute Gasteiger partial charge is 0.231 e. The lowest BCUT2D eigenvalue weighted by Gasteiger charge is -2.23. The van der Waals surface area contributed by atoms with E-state index in [-0.39, 0.29) is 18.5 Å². The number of rotatable bonds is 11. The van der Waals surface area contributed by atoms with Gasteiger partial charge < -0.3 is 14.8 Å². The Hall–Kier alpha value is -1.97. The summed E-state index contributed by atoms with van der Waals surface area (Å²) in [4.78, 5) is 12.2. The molecule has 0 saturated carbocycles. The highest BCUT2D eigenvalue weighted by molar-refractivity contribution is 5.92. The van der Waals surface area contributed by atoms with E-state index in [1.165, 1.54) is 51.4 Å². The van der Waals surface area contributed by atoms with Gasteiger partial charge >= 0.3 is 0 Å². The second-order valence-corrected chi connectivity index (χ2v) is 7.76. The van der Waals surface area contributed by atoms with E-state index in [1.807, 2.05) is 12.1 Å². The van der Waals surface area contributed by atoms with Crippen LogP contribution in [0.1, 0.15) is 82.6 Å². The minimum atomic E-state index is 0.211. The highest BCUT2D eigenvalue weighted by Crippen LogP contribution is 2.38. The highest BCUT2D eigenvalue weighted by Gasteiger charge is 2.24. The second kappa shape index (κ2) is 10.4. The molecule has 0 amide bonds. The van der Waals surface area contributed by atoms with Crippen molar-refractivity contribution in [3.63, 3.8) is 0 Å². The molecule has 4 heteroatoms. The molecule has 0 spiro atoms. The molecule has 0 radical (unpaired) electrons. The van der Waals surface area contributed by atoms with Crippen molar-refractivity contribution in [2.24, 2.45) is 0 Å². The van der Waals surface area contributed by atoms with E-state index in [9.17, 15) is 4.79 Å². The van der Waals surface area contributed by atoms with E-state index in [1.54, 1.807) is 6.08 Å². The molecule has 0 bridgehead atoms. The first kappa shape index (κ1) is 19.8. The molecule has 1 aliphatic heterocycles. The third-order valence-corrected chi connectivity index (χ3v) is 5.50. The molecule has 0 saturated heterocycles. The number of unbranched alkanes of at least 4 members (excludes halogenated alkanes) is 7. The molecule has 0 aromatic heterocycles. The van der Waals surface area contributed by atoms with E-state index >= 15 is 0 Å². The van der Waals surface area contributed by atoms with Crippen LogP contribution >= 0.6 is 0 Å². The van der Waals surface area contributed by atoms with Gasteiger partial charge in [0.15, 0.2) is 17.3 Å².